The van der Waals surface area contributed by atoms with E-state index in [1.165, 1.54) is 12.4 Å². The highest BCUT2D eigenvalue weighted by Crippen LogP contribution is 2.21. The number of rotatable bonds is 2. The number of hydrogen-bond donors (Lipinski definition) is 1. The lowest BCUT2D eigenvalue weighted by Gasteiger charge is -2.34. The Kier molecular flexibility index (Phi) is 5.06. The van der Waals surface area contributed by atoms with E-state index in [0.29, 0.717) is 41.8 Å². The first kappa shape index (κ1) is 17.4. The Morgan fingerprint density at radius 1 is 0.880 bits per heavy atom. The fourth-order valence-corrected chi connectivity index (χ4v) is 3.16. The highest BCUT2D eigenvalue weighted by atomic mass is 35.5. The van der Waals surface area contributed by atoms with Crippen molar-refractivity contribution in [2.24, 2.45) is 0 Å². The monoisotopic (exact) mass is 379 g/mol. The van der Waals surface area contributed by atoms with Crippen LogP contribution in [0.15, 0.2) is 30.6 Å². The van der Waals surface area contributed by atoms with Gasteiger partial charge in [-0.2, -0.15) is 0 Å². The van der Waals surface area contributed by atoms with E-state index in [9.17, 15) is 9.59 Å². The summed E-state index contributed by atoms with van der Waals surface area (Å²) in [6.45, 7) is 1.56. The first-order valence-electron chi connectivity index (χ1n) is 7.57. The Labute approximate surface area is 154 Å². The van der Waals surface area contributed by atoms with Gasteiger partial charge in [-0.25, -0.2) is 9.97 Å². The van der Waals surface area contributed by atoms with E-state index in [0.717, 1.165) is 0 Å². The van der Waals surface area contributed by atoms with E-state index in [-0.39, 0.29) is 23.3 Å². The summed E-state index contributed by atoms with van der Waals surface area (Å²) in [6, 6.07) is 4.73. The number of carbonyl (C=O) groups excluding carboxylic acids is 2. The van der Waals surface area contributed by atoms with E-state index in [1.807, 2.05) is 0 Å². The van der Waals surface area contributed by atoms with Gasteiger partial charge in [0.1, 0.15) is 0 Å². The Morgan fingerprint density at radius 2 is 1.40 bits per heavy atom. The maximum atomic E-state index is 12.6. The first-order chi connectivity index (χ1) is 12.0. The number of nitrogens with zero attached hydrogens (tertiary/aromatic N) is 4. The maximum absolute atomic E-state index is 12.6. The molecule has 25 heavy (non-hydrogen) atoms. The van der Waals surface area contributed by atoms with Crippen molar-refractivity contribution >= 4 is 40.8 Å². The molecule has 9 heteroatoms. The summed E-state index contributed by atoms with van der Waals surface area (Å²) < 4.78 is 0. The molecule has 2 heterocycles. The lowest BCUT2D eigenvalue weighted by Crippen LogP contribution is -2.50. The summed E-state index contributed by atoms with van der Waals surface area (Å²) in [5.74, 6) is -0.362. The molecule has 0 bridgehead atoms. The number of anilines is 1. The molecule has 1 fully saturated rings. The minimum Gasteiger partial charge on any atom is -0.382 e. The third kappa shape index (κ3) is 3.83. The number of aromatic nitrogens is 2. The summed E-state index contributed by atoms with van der Waals surface area (Å²) in [5, 5.41) is 0.811. The molecule has 2 aromatic rings. The van der Waals surface area contributed by atoms with Crippen molar-refractivity contribution in [2.45, 2.75) is 0 Å². The van der Waals surface area contributed by atoms with Crippen molar-refractivity contribution in [3.8, 4) is 0 Å². The zero-order chi connectivity index (χ0) is 18.0. The molecule has 1 aliphatic heterocycles. The highest BCUT2D eigenvalue weighted by Gasteiger charge is 2.27. The van der Waals surface area contributed by atoms with Crippen LogP contribution >= 0.6 is 23.2 Å². The molecule has 2 N–H and O–H groups in total. The van der Waals surface area contributed by atoms with Crippen LogP contribution in [0.1, 0.15) is 20.8 Å². The Hall–Kier alpha value is -2.38. The molecule has 1 aromatic heterocycles. The van der Waals surface area contributed by atoms with Crippen LogP contribution in [0.5, 0.6) is 0 Å². The van der Waals surface area contributed by atoms with Gasteiger partial charge >= 0.3 is 0 Å². The zero-order valence-corrected chi connectivity index (χ0v) is 14.7. The number of nitrogens with two attached hydrogens (primary N) is 1. The third-order valence-corrected chi connectivity index (χ3v) is 4.33. The summed E-state index contributed by atoms with van der Waals surface area (Å²) in [6.07, 6.45) is 2.85. The number of nitrogen functional groups attached to an aromatic ring is 1. The molecule has 0 radical (unpaired) electrons. The van der Waals surface area contributed by atoms with Crippen molar-refractivity contribution in [3.05, 3.63) is 51.9 Å². The van der Waals surface area contributed by atoms with Gasteiger partial charge in [-0.05, 0) is 18.2 Å². The molecule has 2 amide bonds. The number of amides is 2. The molecule has 1 aromatic carbocycles. The van der Waals surface area contributed by atoms with Crippen molar-refractivity contribution < 1.29 is 9.59 Å². The second kappa shape index (κ2) is 7.25. The molecule has 3 rings (SSSR count). The van der Waals surface area contributed by atoms with Crippen LogP contribution in [0.3, 0.4) is 0 Å². The summed E-state index contributed by atoms with van der Waals surface area (Å²) in [7, 11) is 0. The molecule has 0 atom stereocenters. The number of hydrogen-bond acceptors (Lipinski definition) is 5. The normalized spacial score (nSPS) is 14.5. The van der Waals surface area contributed by atoms with Crippen molar-refractivity contribution in [1.82, 2.24) is 19.8 Å². The van der Waals surface area contributed by atoms with Gasteiger partial charge in [0.05, 0.1) is 0 Å². The average molecular weight is 380 g/mol. The zero-order valence-electron chi connectivity index (χ0n) is 13.2. The molecule has 0 unspecified atom stereocenters. The molecule has 0 spiro atoms. The Morgan fingerprint density at radius 3 is 1.96 bits per heavy atom. The van der Waals surface area contributed by atoms with Crippen LogP contribution < -0.4 is 5.73 Å². The minimum atomic E-state index is -0.288. The van der Waals surface area contributed by atoms with E-state index < -0.39 is 0 Å². The molecule has 0 saturated carbocycles. The van der Waals surface area contributed by atoms with Crippen LogP contribution in [-0.2, 0) is 0 Å². The van der Waals surface area contributed by atoms with E-state index in [1.54, 1.807) is 28.0 Å². The number of benzene rings is 1. The van der Waals surface area contributed by atoms with Crippen molar-refractivity contribution in [2.75, 3.05) is 31.9 Å². The van der Waals surface area contributed by atoms with Crippen molar-refractivity contribution in [1.29, 1.82) is 0 Å². The predicted octanol–water partition coefficient (Wildman–Crippen LogP) is 1.96. The molecular formula is C16H15Cl2N5O2. The molecule has 130 valence electrons. The molecule has 1 aliphatic rings. The average Bonchev–Trinajstić information content (AvgIpc) is 2.60. The fraction of sp³-hybridized carbons (Fsp3) is 0.250. The van der Waals surface area contributed by atoms with Gasteiger partial charge in [-0.3, -0.25) is 9.59 Å². The van der Waals surface area contributed by atoms with Gasteiger partial charge in [0, 0.05) is 54.2 Å². The molecule has 7 nitrogen and oxygen atoms in total. The Balaban J connectivity index is 1.66. The topological polar surface area (TPSA) is 92.4 Å². The summed E-state index contributed by atoms with van der Waals surface area (Å²) >= 11 is 11.9. The van der Waals surface area contributed by atoms with Crippen molar-refractivity contribution in [3.63, 3.8) is 0 Å². The minimum absolute atomic E-state index is 0.0968. The van der Waals surface area contributed by atoms with Crippen LogP contribution in [-0.4, -0.2) is 57.8 Å². The highest BCUT2D eigenvalue weighted by molar-refractivity contribution is 6.35. The molecule has 1 saturated heterocycles. The largest absolute Gasteiger partial charge is 0.382 e. The number of halogens is 2. The number of carbonyl (C=O) groups is 2. The summed E-state index contributed by atoms with van der Waals surface area (Å²) in [5.41, 5.74) is 6.25. The molecule has 0 aliphatic carbocycles. The lowest BCUT2D eigenvalue weighted by molar-refractivity contribution is 0.0532. The third-order valence-electron chi connectivity index (χ3n) is 3.89. The standard InChI is InChI=1S/C16H15Cl2N5O2/c17-11-7-10(8-12(18)9-11)15(24)22-3-5-23(6-4-22)16(25)13-14(19)21-2-1-20-13/h1-2,7-9H,3-6H2,(H2,19,21). The second-order valence-corrected chi connectivity index (χ2v) is 6.41. The fourth-order valence-electron chi connectivity index (χ4n) is 2.64. The second-order valence-electron chi connectivity index (χ2n) is 5.53. The van der Waals surface area contributed by atoms with Crippen LogP contribution in [0.25, 0.3) is 0 Å². The maximum Gasteiger partial charge on any atom is 0.276 e. The lowest BCUT2D eigenvalue weighted by atomic mass is 10.1. The van der Waals surface area contributed by atoms with Gasteiger partial charge in [-0.1, -0.05) is 23.2 Å². The first-order valence-corrected chi connectivity index (χ1v) is 8.32. The SMILES string of the molecule is Nc1nccnc1C(=O)N1CCN(C(=O)c2cc(Cl)cc(Cl)c2)CC1. The van der Waals surface area contributed by atoms with Gasteiger partial charge < -0.3 is 15.5 Å². The van der Waals surface area contributed by atoms with E-state index in [4.69, 9.17) is 28.9 Å². The Bertz CT molecular complexity index is 802. The predicted molar refractivity (Wildman–Crippen MR) is 94.7 cm³/mol. The molecular weight excluding hydrogens is 365 g/mol. The van der Waals surface area contributed by atoms with Gasteiger partial charge in [-0.15, -0.1) is 0 Å². The van der Waals surface area contributed by atoms with E-state index >= 15 is 0 Å². The quantitative estimate of drug-likeness (QED) is 0.860. The smallest absolute Gasteiger partial charge is 0.276 e. The van der Waals surface area contributed by atoms with Gasteiger partial charge in [0.15, 0.2) is 11.5 Å². The number of piperazine rings is 1. The van der Waals surface area contributed by atoms with Crippen LogP contribution in [0, 0.1) is 0 Å². The van der Waals surface area contributed by atoms with Crippen LogP contribution in [0.2, 0.25) is 10.0 Å². The summed E-state index contributed by atoms with van der Waals surface area (Å²) in [4.78, 5) is 36.2. The van der Waals surface area contributed by atoms with Gasteiger partial charge in [0.2, 0.25) is 0 Å². The van der Waals surface area contributed by atoms with E-state index in [2.05, 4.69) is 9.97 Å². The van der Waals surface area contributed by atoms with Crippen LogP contribution in [0.4, 0.5) is 5.82 Å². The van der Waals surface area contributed by atoms with Gasteiger partial charge in [0.25, 0.3) is 11.8 Å².